The zero-order valence-electron chi connectivity index (χ0n) is 10.3. The minimum Gasteiger partial charge on any atom is -0.396 e. The Morgan fingerprint density at radius 2 is 2.00 bits per heavy atom. The average Bonchev–Trinajstić information content (AvgIpc) is 2.42. The Kier molecular flexibility index (Phi) is 5.86. The Balaban J connectivity index is 0.000000606. The van der Waals surface area contributed by atoms with Gasteiger partial charge in [-0.1, -0.05) is 19.9 Å². The molecular weight excluding hydrogens is 200 g/mol. The number of aromatic nitrogens is 1. The van der Waals surface area contributed by atoms with Crippen LogP contribution in [0.4, 0.5) is 5.82 Å². The van der Waals surface area contributed by atoms with E-state index >= 15 is 0 Å². The summed E-state index contributed by atoms with van der Waals surface area (Å²) in [5.74, 6) is 1.55. The number of piperidine rings is 1. The van der Waals surface area contributed by atoms with Crippen molar-refractivity contribution in [3.05, 3.63) is 24.4 Å². The lowest BCUT2D eigenvalue weighted by atomic mass is 9.98. The number of pyridine rings is 1. The second-order valence-corrected chi connectivity index (χ2v) is 3.80. The molecule has 0 aliphatic carbocycles. The lowest BCUT2D eigenvalue weighted by Crippen LogP contribution is -2.35. The standard InChI is InChI=1S/C11H16N2O.C2H6/c14-9-10-4-7-13(8-5-10)11-3-1-2-6-12-11;1-2/h1-3,6,10,14H,4-5,7-9H2;1-2H3. The molecule has 0 amide bonds. The Bertz CT molecular complexity index is 269. The van der Waals surface area contributed by atoms with E-state index in [1.165, 1.54) is 0 Å². The fraction of sp³-hybridized carbons (Fsp3) is 0.615. The molecule has 0 saturated carbocycles. The third kappa shape index (κ3) is 3.49. The SMILES string of the molecule is CC.OCC1CCN(c2ccccn2)CC1. The summed E-state index contributed by atoms with van der Waals surface area (Å²) in [6.07, 6.45) is 3.98. The van der Waals surface area contributed by atoms with Crippen LogP contribution in [0.2, 0.25) is 0 Å². The molecule has 1 aromatic rings. The Labute approximate surface area is 98.1 Å². The summed E-state index contributed by atoms with van der Waals surface area (Å²) in [5, 5.41) is 9.01. The molecule has 90 valence electrons. The zero-order valence-corrected chi connectivity index (χ0v) is 10.3. The number of aliphatic hydroxyl groups excluding tert-OH is 1. The number of hydrogen-bond donors (Lipinski definition) is 1. The van der Waals surface area contributed by atoms with E-state index in [1.54, 1.807) is 0 Å². The van der Waals surface area contributed by atoms with Crippen LogP contribution in [0, 0.1) is 5.92 Å². The largest absolute Gasteiger partial charge is 0.396 e. The molecule has 16 heavy (non-hydrogen) atoms. The Morgan fingerprint density at radius 1 is 1.31 bits per heavy atom. The van der Waals surface area contributed by atoms with Crippen LogP contribution in [0.25, 0.3) is 0 Å². The maximum absolute atomic E-state index is 9.01. The third-order valence-electron chi connectivity index (χ3n) is 2.85. The summed E-state index contributed by atoms with van der Waals surface area (Å²) in [6.45, 7) is 6.36. The van der Waals surface area contributed by atoms with Gasteiger partial charge in [0.25, 0.3) is 0 Å². The normalized spacial score (nSPS) is 16.6. The molecular formula is C13H22N2O. The highest BCUT2D eigenvalue weighted by molar-refractivity contribution is 5.37. The minimum atomic E-state index is 0.329. The van der Waals surface area contributed by atoms with E-state index in [-0.39, 0.29) is 0 Å². The monoisotopic (exact) mass is 222 g/mol. The summed E-state index contributed by atoms with van der Waals surface area (Å²) < 4.78 is 0. The predicted octanol–water partition coefficient (Wildman–Crippen LogP) is 2.32. The molecule has 3 heteroatoms. The fourth-order valence-corrected chi connectivity index (χ4v) is 1.89. The minimum absolute atomic E-state index is 0.329. The third-order valence-corrected chi connectivity index (χ3v) is 2.85. The molecule has 1 aliphatic rings. The van der Waals surface area contributed by atoms with Gasteiger partial charge in [-0.3, -0.25) is 0 Å². The smallest absolute Gasteiger partial charge is 0.128 e. The quantitative estimate of drug-likeness (QED) is 0.834. The highest BCUT2D eigenvalue weighted by atomic mass is 16.3. The van der Waals surface area contributed by atoms with E-state index in [1.807, 2.05) is 38.2 Å². The zero-order chi connectivity index (χ0) is 11.8. The molecule has 1 saturated heterocycles. The summed E-state index contributed by atoms with van der Waals surface area (Å²) in [5.41, 5.74) is 0. The maximum atomic E-state index is 9.01. The van der Waals surface area contributed by atoms with E-state index in [2.05, 4.69) is 9.88 Å². The van der Waals surface area contributed by atoms with Crippen LogP contribution in [0.1, 0.15) is 26.7 Å². The summed E-state index contributed by atoms with van der Waals surface area (Å²) in [6, 6.07) is 5.99. The van der Waals surface area contributed by atoms with Crippen LogP contribution in [0.3, 0.4) is 0 Å². The average molecular weight is 222 g/mol. The molecule has 0 aromatic carbocycles. The van der Waals surface area contributed by atoms with Gasteiger partial charge in [0, 0.05) is 25.9 Å². The highest BCUT2D eigenvalue weighted by Gasteiger charge is 2.18. The van der Waals surface area contributed by atoms with Crippen molar-refractivity contribution in [3.8, 4) is 0 Å². The van der Waals surface area contributed by atoms with Gasteiger partial charge < -0.3 is 10.0 Å². The van der Waals surface area contributed by atoms with E-state index in [0.29, 0.717) is 12.5 Å². The number of hydrogen-bond acceptors (Lipinski definition) is 3. The molecule has 0 bridgehead atoms. The van der Waals surface area contributed by atoms with Gasteiger partial charge >= 0.3 is 0 Å². The molecule has 0 spiro atoms. The number of rotatable bonds is 2. The van der Waals surface area contributed by atoms with Crippen molar-refractivity contribution in [3.63, 3.8) is 0 Å². The molecule has 0 unspecified atom stereocenters. The maximum Gasteiger partial charge on any atom is 0.128 e. The van der Waals surface area contributed by atoms with E-state index < -0.39 is 0 Å². The van der Waals surface area contributed by atoms with Crippen molar-refractivity contribution in [2.75, 3.05) is 24.6 Å². The van der Waals surface area contributed by atoms with Crippen LogP contribution in [0.5, 0.6) is 0 Å². The van der Waals surface area contributed by atoms with Crippen LogP contribution in [-0.4, -0.2) is 29.8 Å². The van der Waals surface area contributed by atoms with E-state index in [4.69, 9.17) is 5.11 Å². The topological polar surface area (TPSA) is 36.4 Å². The summed E-state index contributed by atoms with van der Waals surface area (Å²) in [7, 11) is 0. The Morgan fingerprint density at radius 3 is 2.50 bits per heavy atom. The van der Waals surface area contributed by atoms with E-state index in [9.17, 15) is 0 Å². The number of nitrogens with zero attached hydrogens (tertiary/aromatic N) is 2. The second-order valence-electron chi connectivity index (χ2n) is 3.80. The van der Waals surface area contributed by atoms with Gasteiger partial charge in [0.05, 0.1) is 0 Å². The van der Waals surface area contributed by atoms with Crippen LogP contribution in [0.15, 0.2) is 24.4 Å². The molecule has 2 rings (SSSR count). The first-order chi connectivity index (χ1) is 7.90. The molecule has 3 nitrogen and oxygen atoms in total. The molecule has 1 aliphatic heterocycles. The lowest BCUT2D eigenvalue weighted by molar-refractivity contribution is 0.203. The highest BCUT2D eigenvalue weighted by Crippen LogP contribution is 2.20. The van der Waals surface area contributed by atoms with Gasteiger partial charge in [0.15, 0.2) is 0 Å². The lowest BCUT2D eigenvalue weighted by Gasteiger charge is -2.31. The molecule has 0 radical (unpaired) electrons. The first-order valence-corrected chi connectivity index (χ1v) is 6.17. The van der Waals surface area contributed by atoms with Crippen molar-refractivity contribution < 1.29 is 5.11 Å². The van der Waals surface area contributed by atoms with E-state index in [0.717, 1.165) is 31.7 Å². The van der Waals surface area contributed by atoms with Crippen molar-refractivity contribution >= 4 is 5.82 Å². The van der Waals surface area contributed by atoms with Gasteiger partial charge in [-0.15, -0.1) is 0 Å². The summed E-state index contributed by atoms with van der Waals surface area (Å²) in [4.78, 5) is 6.60. The molecule has 1 aromatic heterocycles. The summed E-state index contributed by atoms with van der Waals surface area (Å²) >= 11 is 0. The first-order valence-electron chi connectivity index (χ1n) is 6.17. The van der Waals surface area contributed by atoms with Gasteiger partial charge in [-0.05, 0) is 30.9 Å². The number of anilines is 1. The predicted molar refractivity (Wildman–Crippen MR) is 67.6 cm³/mol. The Hall–Kier alpha value is -1.09. The van der Waals surface area contributed by atoms with Crippen molar-refractivity contribution in [1.29, 1.82) is 0 Å². The fourth-order valence-electron chi connectivity index (χ4n) is 1.89. The molecule has 2 heterocycles. The van der Waals surface area contributed by atoms with Crippen LogP contribution >= 0.6 is 0 Å². The van der Waals surface area contributed by atoms with Crippen LogP contribution < -0.4 is 4.90 Å². The number of aliphatic hydroxyl groups is 1. The van der Waals surface area contributed by atoms with Gasteiger partial charge in [0.2, 0.25) is 0 Å². The van der Waals surface area contributed by atoms with Crippen molar-refractivity contribution in [1.82, 2.24) is 4.98 Å². The van der Waals surface area contributed by atoms with Gasteiger partial charge in [-0.2, -0.15) is 0 Å². The molecule has 1 fully saturated rings. The van der Waals surface area contributed by atoms with Gasteiger partial charge in [-0.25, -0.2) is 4.98 Å². The molecule has 1 N–H and O–H groups in total. The first kappa shape index (κ1) is 13.0. The van der Waals surface area contributed by atoms with Crippen molar-refractivity contribution in [2.24, 2.45) is 5.92 Å². The second kappa shape index (κ2) is 7.23. The van der Waals surface area contributed by atoms with Crippen molar-refractivity contribution in [2.45, 2.75) is 26.7 Å². The van der Waals surface area contributed by atoms with Gasteiger partial charge in [0.1, 0.15) is 5.82 Å². The van der Waals surface area contributed by atoms with Crippen LogP contribution in [-0.2, 0) is 0 Å². The molecule has 0 atom stereocenters.